The van der Waals surface area contributed by atoms with Gasteiger partial charge in [0.25, 0.3) is 0 Å². The van der Waals surface area contributed by atoms with Crippen LogP contribution < -0.4 is 9.47 Å². The molecule has 0 bridgehead atoms. The highest BCUT2D eigenvalue weighted by molar-refractivity contribution is 5.98. The van der Waals surface area contributed by atoms with E-state index < -0.39 is 11.6 Å². The highest BCUT2D eigenvalue weighted by atomic mass is 16.6. The molecule has 0 aliphatic rings. The van der Waals surface area contributed by atoms with Crippen molar-refractivity contribution in [2.75, 3.05) is 14.2 Å². The third-order valence-electron chi connectivity index (χ3n) is 2.42. The normalized spacial score (nSPS) is 11.5. The van der Waals surface area contributed by atoms with Gasteiger partial charge in [-0.25, -0.2) is 4.79 Å². The molecule has 0 unspecified atom stereocenters. The van der Waals surface area contributed by atoms with Crippen LogP contribution in [0.25, 0.3) is 6.08 Å². The number of nitriles is 1. The second kappa shape index (κ2) is 6.80. The molecule has 0 aromatic heterocycles. The number of rotatable bonds is 4. The first-order chi connectivity index (χ1) is 9.78. The van der Waals surface area contributed by atoms with Crippen molar-refractivity contribution in [1.82, 2.24) is 0 Å². The second-order valence-corrected chi connectivity index (χ2v) is 5.32. The molecule has 0 saturated carbocycles. The molecule has 0 N–H and O–H groups in total. The smallest absolute Gasteiger partial charge is 0.349 e. The Morgan fingerprint density at radius 1 is 1.14 bits per heavy atom. The number of ether oxygens (including phenoxy) is 3. The zero-order valence-corrected chi connectivity index (χ0v) is 12.9. The summed E-state index contributed by atoms with van der Waals surface area (Å²) in [6.45, 7) is 5.23. The van der Waals surface area contributed by atoms with E-state index in [0.717, 1.165) is 0 Å². The first-order valence-electron chi connectivity index (χ1n) is 6.37. The summed E-state index contributed by atoms with van der Waals surface area (Å²) in [5.41, 5.74) is -0.118. The lowest BCUT2D eigenvalue weighted by molar-refractivity contribution is -0.149. The SMILES string of the molecule is COc1cc(/C=C(/C#N)C(=O)OC(C)(C)C)cc(OC)c1. The summed E-state index contributed by atoms with van der Waals surface area (Å²) in [5, 5.41) is 9.13. The van der Waals surface area contributed by atoms with Crippen molar-refractivity contribution in [1.29, 1.82) is 5.26 Å². The molecule has 21 heavy (non-hydrogen) atoms. The molecule has 0 amide bonds. The Hall–Kier alpha value is -2.48. The maximum Gasteiger partial charge on any atom is 0.349 e. The minimum Gasteiger partial charge on any atom is -0.497 e. The monoisotopic (exact) mass is 289 g/mol. The van der Waals surface area contributed by atoms with Crippen LogP contribution in [0.2, 0.25) is 0 Å². The van der Waals surface area contributed by atoms with Crippen molar-refractivity contribution in [3.8, 4) is 17.6 Å². The van der Waals surface area contributed by atoms with E-state index in [1.807, 2.05) is 6.07 Å². The van der Waals surface area contributed by atoms with Gasteiger partial charge in [-0.2, -0.15) is 5.26 Å². The van der Waals surface area contributed by atoms with Gasteiger partial charge in [0.15, 0.2) is 0 Å². The largest absolute Gasteiger partial charge is 0.497 e. The molecule has 0 heterocycles. The van der Waals surface area contributed by atoms with E-state index in [1.54, 1.807) is 39.0 Å². The molecule has 5 nitrogen and oxygen atoms in total. The number of hydrogen-bond donors (Lipinski definition) is 0. The molecule has 112 valence electrons. The van der Waals surface area contributed by atoms with Gasteiger partial charge in [0, 0.05) is 6.07 Å². The molecule has 0 saturated heterocycles. The zero-order chi connectivity index (χ0) is 16.0. The van der Waals surface area contributed by atoms with Crippen LogP contribution in [0.15, 0.2) is 23.8 Å². The van der Waals surface area contributed by atoms with Gasteiger partial charge >= 0.3 is 5.97 Å². The molecule has 1 rings (SSSR count). The Morgan fingerprint density at radius 2 is 1.67 bits per heavy atom. The summed E-state index contributed by atoms with van der Waals surface area (Å²) in [7, 11) is 3.06. The van der Waals surface area contributed by atoms with Gasteiger partial charge in [-0.1, -0.05) is 0 Å². The van der Waals surface area contributed by atoms with Crippen LogP contribution in [0.3, 0.4) is 0 Å². The molecule has 5 heteroatoms. The van der Waals surface area contributed by atoms with Crippen molar-refractivity contribution < 1.29 is 19.0 Å². The molecule has 0 spiro atoms. The topological polar surface area (TPSA) is 68.5 Å². The number of methoxy groups -OCH3 is 2. The van der Waals surface area contributed by atoms with Gasteiger partial charge in [-0.15, -0.1) is 0 Å². The van der Waals surface area contributed by atoms with E-state index in [2.05, 4.69) is 0 Å². The summed E-state index contributed by atoms with van der Waals surface area (Å²) in [4.78, 5) is 11.9. The first kappa shape index (κ1) is 16.6. The third-order valence-corrected chi connectivity index (χ3v) is 2.42. The van der Waals surface area contributed by atoms with E-state index in [4.69, 9.17) is 19.5 Å². The number of carbonyl (C=O) groups is 1. The summed E-state index contributed by atoms with van der Waals surface area (Å²) in [6, 6.07) is 6.96. The molecule has 1 aromatic carbocycles. The summed E-state index contributed by atoms with van der Waals surface area (Å²) < 4.78 is 15.5. The molecular formula is C16H19NO4. The van der Waals surface area contributed by atoms with Crippen molar-refractivity contribution >= 4 is 12.0 Å². The van der Waals surface area contributed by atoms with Crippen LogP contribution in [-0.4, -0.2) is 25.8 Å². The van der Waals surface area contributed by atoms with Crippen molar-refractivity contribution in [3.05, 3.63) is 29.3 Å². The number of esters is 1. The van der Waals surface area contributed by atoms with Crippen molar-refractivity contribution in [2.45, 2.75) is 26.4 Å². The average molecular weight is 289 g/mol. The number of carbonyl (C=O) groups excluding carboxylic acids is 1. The number of nitrogens with zero attached hydrogens (tertiary/aromatic N) is 1. The lowest BCUT2D eigenvalue weighted by atomic mass is 10.1. The van der Waals surface area contributed by atoms with Gasteiger partial charge < -0.3 is 14.2 Å². The van der Waals surface area contributed by atoms with Crippen LogP contribution in [0.4, 0.5) is 0 Å². The van der Waals surface area contributed by atoms with Crippen LogP contribution >= 0.6 is 0 Å². The molecule has 0 atom stereocenters. The highest BCUT2D eigenvalue weighted by Gasteiger charge is 2.19. The standard InChI is InChI=1S/C16H19NO4/c1-16(2,3)21-15(18)12(10-17)6-11-7-13(19-4)9-14(8-11)20-5/h6-9H,1-5H3/b12-6-. The summed E-state index contributed by atoms with van der Waals surface area (Å²) in [5.74, 6) is 0.482. The van der Waals surface area contributed by atoms with Crippen LogP contribution in [0.1, 0.15) is 26.3 Å². The first-order valence-corrected chi connectivity index (χ1v) is 6.37. The summed E-state index contributed by atoms with van der Waals surface area (Å²) in [6.07, 6.45) is 1.44. The number of benzene rings is 1. The Kier molecular flexibility index (Phi) is 5.37. The average Bonchev–Trinajstić information content (AvgIpc) is 2.42. The zero-order valence-electron chi connectivity index (χ0n) is 12.9. The van der Waals surface area contributed by atoms with E-state index >= 15 is 0 Å². The number of hydrogen-bond acceptors (Lipinski definition) is 5. The van der Waals surface area contributed by atoms with Crippen LogP contribution in [0.5, 0.6) is 11.5 Å². The van der Waals surface area contributed by atoms with Crippen molar-refractivity contribution in [3.63, 3.8) is 0 Å². The maximum atomic E-state index is 11.9. The minimum absolute atomic E-state index is 0.0831. The van der Waals surface area contributed by atoms with Gasteiger partial charge in [-0.3, -0.25) is 0 Å². The molecular weight excluding hydrogens is 270 g/mol. The van der Waals surface area contributed by atoms with Gasteiger partial charge in [0.1, 0.15) is 28.7 Å². The Balaban J connectivity index is 3.14. The fraction of sp³-hybridized carbons (Fsp3) is 0.375. The predicted molar refractivity (Wildman–Crippen MR) is 79.0 cm³/mol. The third kappa shape index (κ3) is 5.19. The Morgan fingerprint density at radius 3 is 2.05 bits per heavy atom. The van der Waals surface area contributed by atoms with Crippen molar-refractivity contribution in [2.24, 2.45) is 0 Å². The molecule has 0 aliphatic heterocycles. The van der Waals surface area contributed by atoms with E-state index in [-0.39, 0.29) is 5.57 Å². The van der Waals surface area contributed by atoms with Gasteiger partial charge in [0.2, 0.25) is 0 Å². The summed E-state index contributed by atoms with van der Waals surface area (Å²) >= 11 is 0. The van der Waals surface area contributed by atoms with Crippen LogP contribution in [-0.2, 0) is 9.53 Å². The minimum atomic E-state index is -0.660. The predicted octanol–water partition coefficient (Wildman–Crippen LogP) is 2.95. The van der Waals surface area contributed by atoms with Gasteiger partial charge in [-0.05, 0) is 44.5 Å². The fourth-order valence-corrected chi connectivity index (χ4v) is 1.55. The van der Waals surface area contributed by atoms with E-state index in [1.165, 1.54) is 20.3 Å². The molecule has 0 fully saturated rings. The molecule has 0 aliphatic carbocycles. The quantitative estimate of drug-likeness (QED) is 0.484. The highest BCUT2D eigenvalue weighted by Crippen LogP contribution is 2.24. The molecule has 1 aromatic rings. The lowest BCUT2D eigenvalue weighted by Gasteiger charge is -2.19. The Labute approximate surface area is 124 Å². The maximum absolute atomic E-state index is 11.9. The molecule has 0 radical (unpaired) electrons. The Bertz CT molecular complexity index is 569. The lowest BCUT2D eigenvalue weighted by Crippen LogP contribution is -2.24. The second-order valence-electron chi connectivity index (χ2n) is 5.32. The van der Waals surface area contributed by atoms with Crippen LogP contribution in [0, 0.1) is 11.3 Å². The van der Waals surface area contributed by atoms with E-state index in [9.17, 15) is 4.79 Å². The van der Waals surface area contributed by atoms with Gasteiger partial charge in [0.05, 0.1) is 14.2 Å². The fourth-order valence-electron chi connectivity index (χ4n) is 1.55. The van der Waals surface area contributed by atoms with E-state index in [0.29, 0.717) is 17.1 Å².